The molecule has 0 aromatic heterocycles. The summed E-state index contributed by atoms with van der Waals surface area (Å²) in [6, 6.07) is 13.0. The van der Waals surface area contributed by atoms with Gasteiger partial charge in [-0.15, -0.1) is 0 Å². The average Bonchev–Trinajstić information content (AvgIpc) is 2.76. The van der Waals surface area contributed by atoms with Gasteiger partial charge in [-0.3, -0.25) is 4.79 Å². The second-order valence-corrected chi connectivity index (χ2v) is 8.00. The summed E-state index contributed by atoms with van der Waals surface area (Å²) in [5, 5.41) is 10.1. The van der Waals surface area contributed by atoms with Crippen molar-refractivity contribution in [1.82, 2.24) is 4.31 Å². The molecule has 6 nitrogen and oxygen atoms in total. The van der Waals surface area contributed by atoms with Gasteiger partial charge in [-0.1, -0.05) is 28.1 Å². The first-order chi connectivity index (χ1) is 11.4. The Morgan fingerprint density at radius 2 is 1.79 bits per heavy atom. The lowest BCUT2D eigenvalue weighted by Crippen LogP contribution is -2.39. The maximum atomic E-state index is 12.4. The Balaban J connectivity index is 1.68. The lowest BCUT2D eigenvalue weighted by molar-refractivity contribution is 0.0687. The molecule has 0 saturated carbocycles. The van der Waals surface area contributed by atoms with E-state index in [1.807, 2.05) is 0 Å². The fourth-order valence-corrected chi connectivity index (χ4v) is 4.25. The molecule has 8 heteroatoms. The molecular weight excluding hydrogens is 398 g/mol. The lowest BCUT2D eigenvalue weighted by Gasteiger charge is -2.19. The molecule has 1 aliphatic heterocycles. The van der Waals surface area contributed by atoms with Crippen LogP contribution in [-0.2, 0) is 10.0 Å². The maximum absolute atomic E-state index is 12.4. The lowest BCUT2D eigenvalue weighted by atomic mass is 10.2. The molecule has 0 spiro atoms. The first-order valence-electron chi connectivity index (χ1n) is 7.12. The van der Waals surface area contributed by atoms with Gasteiger partial charge in [0.15, 0.2) is 0 Å². The molecular formula is C16H14BrNO5S. The van der Waals surface area contributed by atoms with Crippen LogP contribution in [-0.4, -0.2) is 43.0 Å². The molecule has 0 saturated heterocycles. The molecule has 1 heterocycles. The van der Waals surface area contributed by atoms with E-state index >= 15 is 0 Å². The molecule has 0 fully saturated rings. The number of β-amino-alcohol motifs (C(OH)–C–C–N with tert-alkyl or cyclic N) is 1. The summed E-state index contributed by atoms with van der Waals surface area (Å²) in [6.45, 7) is -0.482. The molecule has 1 amide bonds. The predicted molar refractivity (Wildman–Crippen MR) is 90.3 cm³/mol. The van der Waals surface area contributed by atoms with E-state index in [1.165, 1.54) is 12.1 Å². The van der Waals surface area contributed by atoms with Crippen molar-refractivity contribution < 1.29 is 23.1 Å². The fraction of sp³-hybridized carbons (Fsp3) is 0.188. The van der Waals surface area contributed by atoms with Gasteiger partial charge < -0.3 is 9.84 Å². The van der Waals surface area contributed by atoms with Crippen LogP contribution in [0.2, 0.25) is 0 Å². The number of sulfonamides is 1. The van der Waals surface area contributed by atoms with E-state index in [4.69, 9.17) is 4.74 Å². The highest BCUT2D eigenvalue weighted by Gasteiger charge is 2.41. The number of carbonyl (C=O) groups is 1. The Morgan fingerprint density at radius 3 is 2.46 bits per heavy atom. The third-order valence-electron chi connectivity index (χ3n) is 3.54. The summed E-state index contributed by atoms with van der Waals surface area (Å²) < 4.78 is 31.8. The van der Waals surface area contributed by atoms with E-state index in [-0.39, 0.29) is 23.6 Å². The second-order valence-electron chi connectivity index (χ2n) is 5.26. The van der Waals surface area contributed by atoms with Crippen molar-refractivity contribution >= 4 is 31.9 Å². The number of nitrogens with zero attached hydrogens (tertiary/aromatic N) is 1. The minimum absolute atomic E-state index is 0.0315. The molecule has 0 unspecified atom stereocenters. The summed E-state index contributed by atoms with van der Waals surface area (Å²) in [4.78, 5) is 12.2. The Hall–Kier alpha value is -1.90. The highest BCUT2D eigenvalue weighted by atomic mass is 79.9. The van der Waals surface area contributed by atoms with Crippen molar-refractivity contribution in [2.24, 2.45) is 0 Å². The van der Waals surface area contributed by atoms with Crippen LogP contribution >= 0.6 is 15.9 Å². The molecule has 1 atom stereocenters. The average molecular weight is 412 g/mol. The summed E-state index contributed by atoms with van der Waals surface area (Å²) in [5.41, 5.74) is 0.124. The van der Waals surface area contributed by atoms with E-state index in [9.17, 15) is 18.3 Å². The van der Waals surface area contributed by atoms with Crippen molar-refractivity contribution in [2.45, 2.75) is 11.0 Å². The largest absolute Gasteiger partial charge is 0.491 e. The third-order valence-corrected chi connectivity index (χ3v) is 5.88. The smallest absolute Gasteiger partial charge is 0.269 e. The standard InChI is InChI=1S/C16H14BrNO5S/c17-11-5-7-13(8-6-11)23-10-12(19)9-18-16(20)14-3-1-2-4-15(14)24(18,21)22/h1-8,12,19H,9-10H2/t12-/m0/s1. The number of aliphatic hydroxyl groups is 1. The molecule has 1 aliphatic rings. The maximum Gasteiger partial charge on any atom is 0.269 e. The predicted octanol–water partition coefficient (Wildman–Crippen LogP) is 2.03. The number of halogens is 1. The van der Waals surface area contributed by atoms with E-state index in [2.05, 4.69) is 15.9 Å². The van der Waals surface area contributed by atoms with Crippen LogP contribution in [0.5, 0.6) is 5.75 Å². The Bertz CT molecular complexity index is 866. The van der Waals surface area contributed by atoms with E-state index in [0.717, 1.165) is 4.47 Å². The summed E-state index contributed by atoms with van der Waals surface area (Å²) in [5.74, 6) is -0.0931. The number of aliphatic hydroxyl groups excluding tert-OH is 1. The fourth-order valence-electron chi connectivity index (χ4n) is 2.38. The monoisotopic (exact) mass is 411 g/mol. The van der Waals surface area contributed by atoms with Gasteiger partial charge in [-0.2, -0.15) is 0 Å². The number of carbonyl (C=O) groups excluding carboxylic acids is 1. The Morgan fingerprint density at radius 1 is 1.12 bits per heavy atom. The molecule has 0 radical (unpaired) electrons. The van der Waals surface area contributed by atoms with Gasteiger partial charge in [-0.25, -0.2) is 12.7 Å². The van der Waals surface area contributed by atoms with Gasteiger partial charge in [0.2, 0.25) is 0 Å². The number of rotatable bonds is 5. The summed E-state index contributed by atoms with van der Waals surface area (Å²) in [7, 11) is -3.92. The minimum Gasteiger partial charge on any atom is -0.491 e. The molecule has 2 aromatic rings. The van der Waals surface area contributed by atoms with Gasteiger partial charge in [0.25, 0.3) is 15.9 Å². The van der Waals surface area contributed by atoms with Gasteiger partial charge >= 0.3 is 0 Å². The highest BCUT2D eigenvalue weighted by Crippen LogP contribution is 2.29. The van der Waals surface area contributed by atoms with Gasteiger partial charge in [0, 0.05) is 4.47 Å². The normalized spacial score (nSPS) is 16.8. The molecule has 0 bridgehead atoms. The van der Waals surface area contributed by atoms with Crippen molar-refractivity contribution in [1.29, 1.82) is 0 Å². The summed E-state index contributed by atoms with van der Waals surface area (Å²) in [6.07, 6.45) is -1.14. The number of benzene rings is 2. The van der Waals surface area contributed by atoms with Crippen molar-refractivity contribution in [3.63, 3.8) is 0 Å². The number of fused-ring (bicyclic) bond motifs is 1. The minimum atomic E-state index is -3.92. The zero-order valence-corrected chi connectivity index (χ0v) is 14.8. The Kier molecular flexibility index (Phi) is 4.62. The number of amides is 1. The molecule has 1 N–H and O–H groups in total. The quantitative estimate of drug-likeness (QED) is 0.813. The zero-order chi connectivity index (χ0) is 17.3. The SMILES string of the molecule is O=C1c2ccccc2S(=O)(=O)N1C[C@H](O)COc1ccc(Br)cc1. The van der Waals surface area contributed by atoms with Crippen molar-refractivity contribution in [3.8, 4) is 5.75 Å². The van der Waals surface area contributed by atoms with Crippen LogP contribution in [0.1, 0.15) is 10.4 Å². The molecule has 24 heavy (non-hydrogen) atoms. The van der Waals surface area contributed by atoms with Crippen LogP contribution in [0.3, 0.4) is 0 Å². The van der Waals surface area contributed by atoms with Gasteiger partial charge in [0.05, 0.1) is 12.1 Å². The van der Waals surface area contributed by atoms with Crippen LogP contribution < -0.4 is 4.74 Å². The second kappa shape index (κ2) is 6.54. The van der Waals surface area contributed by atoms with E-state index in [1.54, 1.807) is 36.4 Å². The topological polar surface area (TPSA) is 83.9 Å². The number of ether oxygens (including phenoxy) is 1. The van der Waals surface area contributed by atoms with E-state index < -0.39 is 22.0 Å². The molecule has 0 aliphatic carbocycles. The number of hydrogen-bond acceptors (Lipinski definition) is 5. The van der Waals surface area contributed by atoms with E-state index in [0.29, 0.717) is 10.1 Å². The third kappa shape index (κ3) is 3.17. The summed E-state index contributed by atoms with van der Waals surface area (Å²) >= 11 is 3.30. The van der Waals surface area contributed by atoms with Crippen LogP contribution in [0, 0.1) is 0 Å². The van der Waals surface area contributed by atoms with Crippen LogP contribution in [0.4, 0.5) is 0 Å². The number of hydrogen-bond donors (Lipinski definition) is 1. The molecule has 3 rings (SSSR count). The Labute approximate surface area is 147 Å². The highest BCUT2D eigenvalue weighted by molar-refractivity contribution is 9.10. The van der Waals surface area contributed by atoms with Gasteiger partial charge in [-0.05, 0) is 36.4 Å². The first-order valence-corrected chi connectivity index (χ1v) is 9.35. The zero-order valence-electron chi connectivity index (χ0n) is 12.4. The molecule has 126 valence electrons. The van der Waals surface area contributed by atoms with Crippen LogP contribution in [0.25, 0.3) is 0 Å². The molecule has 2 aromatic carbocycles. The van der Waals surface area contributed by atoms with Crippen molar-refractivity contribution in [3.05, 3.63) is 58.6 Å². The van der Waals surface area contributed by atoms with Crippen LogP contribution in [0.15, 0.2) is 57.9 Å². The van der Waals surface area contributed by atoms with Gasteiger partial charge in [0.1, 0.15) is 23.4 Å². The first kappa shape index (κ1) is 16.9. The van der Waals surface area contributed by atoms with Crippen molar-refractivity contribution in [2.75, 3.05) is 13.2 Å².